The number of hydrogen-bond acceptors (Lipinski definition) is 5. The summed E-state index contributed by atoms with van der Waals surface area (Å²) in [5.41, 5.74) is 1.31. The van der Waals surface area contributed by atoms with Gasteiger partial charge in [0, 0.05) is 16.5 Å². The lowest BCUT2D eigenvalue weighted by Gasteiger charge is -2.21. The first-order chi connectivity index (χ1) is 15.5. The van der Waals surface area contributed by atoms with Crippen LogP contribution in [0.1, 0.15) is 57.4 Å². The summed E-state index contributed by atoms with van der Waals surface area (Å²) in [7, 11) is 0. The third-order valence-corrected chi connectivity index (χ3v) is 7.16. The number of benzene rings is 2. The fourth-order valence-electron chi connectivity index (χ4n) is 4.15. The van der Waals surface area contributed by atoms with Crippen molar-refractivity contribution in [3.63, 3.8) is 0 Å². The predicted octanol–water partition coefficient (Wildman–Crippen LogP) is 7.25. The number of rotatable bonds is 7. The summed E-state index contributed by atoms with van der Waals surface area (Å²) in [6.45, 7) is 4.96. The van der Waals surface area contributed by atoms with Gasteiger partial charge in [-0.2, -0.15) is 0 Å². The Bertz CT molecular complexity index is 1100. The lowest BCUT2D eigenvalue weighted by atomic mass is 9.90. The molecule has 0 bridgehead atoms. The molecule has 0 spiro atoms. The van der Waals surface area contributed by atoms with Crippen LogP contribution in [0.5, 0.6) is 11.5 Å². The summed E-state index contributed by atoms with van der Waals surface area (Å²) < 4.78 is 11.5. The first kappa shape index (κ1) is 22.5. The minimum absolute atomic E-state index is 0.0718. The Hall–Kier alpha value is -2.66. The van der Waals surface area contributed by atoms with Gasteiger partial charge in [0.05, 0.1) is 6.61 Å². The van der Waals surface area contributed by atoms with Gasteiger partial charge in [-0.1, -0.05) is 63.1 Å². The van der Waals surface area contributed by atoms with Crippen LogP contribution in [-0.4, -0.2) is 11.7 Å². The van der Waals surface area contributed by atoms with Gasteiger partial charge in [-0.3, -0.25) is 0 Å². The van der Waals surface area contributed by atoms with Crippen molar-refractivity contribution in [1.82, 2.24) is 0 Å². The fraction of sp³-hybridized carbons (Fsp3) is 0.370. The zero-order valence-electron chi connectivity index (χ0n) is 18.7. The van der Waals surface area contributed by atoms with Crippen molar-refractivity contribution in [2.75, 3.05) is 6.61 Å². The molecular formula is C27H30O4S. The van der Waals surface area contributed by atoms with Crippen LogP contribution >= 0.6 is 11.8 Å². The molecule has 0 aliphatic heterocycles. The Morgan fingerprint density at radius 1 is 1.06 bits per heavy atom. The second-order valence-electron chi connectivity index (χ2n) is 8.75. The van der Waals surface area contributed by atoms with E-state index in [1.165, 1.54) is 49.9 Å². The maximum atomic E-state index is 12.7. The lowest BCUT2D eigenvalue weighted by Crippen LogP contribution is -2.15. The van der Waals surface area contributed by atoms with Gasteiger partial charge in [-0.25, -0.2) is 4.79 Å². The Morgan fingerprint density at radius 3 is 2.47 bits per heavy atom. The molecule has 1 aliphatic rings. The van der Waals surface area contributed by atoms with E-state index in [1.807, 2.05) is 48.5 Å². The molecule has 0 saturated heterocycles. The van der Waals surface area contributed by atoms with Gasteiger partial charge in [0.2, 0.25) is 0 Å². The molecular weight excluding hydrogens is 420 g/mol. The van der Waals surface area contributed by atoms with Crippen LogP contribution in [0.4, 0.5) is 0 Å². The third kappa shape index (κ3) is 5.39. The van der Waals surface area contributed by atoms with Gasteiger partial charge in [0.25, 0.3) is 0 Å². The van der Waals surface area contributed by atoms with Crippen molar-refractivity contribution >= 4 is 11.8 Å². The quantitative estimate of drug-likeness (QED) is 0.411. The normalized spacial score (nSPS) is 14.6. The largest absolute Gasteiger partial charge is 0.506 e. The van der Waals surface area contributed by atoms with E-state index in [0.29, 0.717) is 17.6 Å². The van der Waals surface area contributed by atoms with E-state index in [2.05, 4.69) is 13.8 Å². The molecule has 1 aromatic heterocycles. The highest BCUT2D eigenvalue weighted by Crippen LogP contribution is 2.38. The summed E-state index contributed by atoms with van der Waals surface area (Å²) in [4.78, 5) is 13.8. The molecule has 168 valence electrons. The van der Waals surface area contributed by atoms with E-state index in [0.717, 1.165) is 28.4 Å². The predicted molar refractivity (Wildman–Crippen MR) is 129 cm³/mol. The second-order valence-corrected chi connectivity index (χ2v) is 9.80. The molecule has 0 unspecified atom stereocenters. The molecule has 3 aromatic rings. The molecule has 4 nitrogen and oxygen atoms in total. The summed E-state index contributed by atoms with van der Waals surface area (Å²) in [5.74, 6) is 2.03. The van der Waals surface area contributed by atoms with Crippen molar-refractivity contribution in [2.45, 2.75) is 61.7 Å². The molecule has 2 aromatic carbocycles. The zero-order chi connectivity index (χ0) is 22.5. The fourth-order valence-corrected chi connectivity index (χ4v) is 5.23. The van der Waals surface area contributed by atoms with Crippen LogP contribution in [0.25, 0.3) is 11.3 Å². The molecule has 4 rings (SSSR count). The van der Waals surface area contributed by atoms with Gasteiger partial charge in [-0.15, -0.1) is 0 Å². The van der Waals surface area contributed by atoms with E-state index >= 15 is 0 Å². The number of aromatic hydroxyl groups is 1. The molecule has 0 amide bonds. The van der Waals surface area contributed by atoms with Gasteiger partial charge in [0.1, 0.15) is 22.2 Å². The van der Waals surface area contributed by atoms with Gasteiger partial charge >= 0.3 is 5.63 Å². The smallest absolute Gasteiger partial charge is 0.354 e. The molecule has 5 heteroatoms. The summed E-state index contributed by atoms with van der Waals surface area (Å²) in [5, 5.41) is 10.6. The van der Waals surface area contributed by atoms with E-state index in [1.54, 1.807) is 0 Å². The Morgan fingerprint density at radius 2 is 1.78 bits per heavy atom. The Balaban J connectivity index is 1.49. The van der Waals surface area contributed by atoms with Crippen molar-refractivity contribution in [3.8, 4) is 22.8 Å². The van der Waals surface area contributed by atoms with Crippen LogP contribution in [0.15, 0.2) is 73.6 Å². The van der Waals surface area contributed by atoms with Crippen molar-refractivity contribution in [2.24, 2.45) is 5.92 Å². The molecule has 1 aliphatic carbocycles. The van der Waals surface area contributed by atoms with E-state index in [4.69, 9.17) is 9.15 Å². The SMILES string of the molecule is CC(C)c1ccccc1Sc1c(O)cc(-c2ccc(OCC3CCCCC3)cc2)oc1=O. The average Bonchev–Trinajstić information content (AvgIpc) is 2.81. The highest BCUT2D eigenvalue weighted by molar-refractivity contribution is 7.99. The molecule has 0 radical (unpaired) electrons. The maximum Gasteiger partial charge on any atom is 0.354 e. The molecule has 32 heavy (non-hydrogen) atoms. The van der Waals surface area contributed by atoms with Crippen LogP contribution < -0.4 is 10.4 Å². The first-order valence-corrected chi connectivity index (χ1v) is 12.2. The van der Waals surface area contributed by atoms with Crippen LogP contribution in [0.2, 0.25) is 0 Å². The van der Waals surface area contributed by atoms with Gasteiger partial charge < -0.3 is 14.3 Å². The highest BCUT2D eigenvalue weighted by atomic mass is 32.2. The number of hydrogen-bond donors (Lipinski definition) is 1. The minimum Gasteiger partial charge on any atom is -0.506 e. The molecule has 1 fully saturated rings. The van der Waals surface area contributed by atoms with Gasteiger partial charge in [0.15, 0.2) is 0 Å². The van der Waals surface area contributed by atoms with Crippen LogP contribution in [0.3, 0.4) is 0 Å². The Labute approximate surface area is 193 Å². The highest BCUT2D eigenvalue weighted by Gasteiger charge is 2.17. The standard InChI is InChI=1S/C27H30O4S/c1-18(2)22-10-6-7-11-25(22)32-26-23(28)16-24(31-27(26)29)20-12-14-21(15-13-20)30-17-19-8-4-3-5-9-19/h6-7,10-16,18-19,28H,3-5,8-9,17H2,1-2H3. The molecule has 1 N–H and O–H groups in total. The van der Waals surface area contributed by atoms with E-state index in [9.17, 15) is 9.90 Å². The van der Waals surface area contributed by atoms with Gasteiger partial charge in [-0.05, 0) is 60.6 Å². The van der Waals surface area contributed by atoms with Crippen LogP contribution in [0, 0.1) is 5.92 Å². The van der Waals surface area contributed by atoms with E-state index < -0.39 is 5.63 Å². The summed E-state index contributed by atoms with van der Waals surface area (Å²) >= 11 is 1.25. The second kappa shape index (κ2) is 10.3. The molecule has 1 heterocycles. The zero-order valence-corrected chi connectivity index (χ0v) is 19.5. The van der Waals surface area contributed by atoms with Crippen molar-refractivity contribution in [3.05, 3.63) is 70.6 Å². The van der Waals surface area contributed by atoms with Crippen molar-refractivity contribution in [1.29, 1.82) is 0 Å². The Kier molecular flexibility index (Phi) is 7.26. The third-order valence-electron chi connectivity index (χ3n) is 5.99. The van der Waals surface area contributed by atoms with Crippen molar-refractivity contribution < 1.29 is 14.3 Å². The number of ether oxygens (including phenoxy) is 1. The maximum absolute atomic E-state index is 12.7. The topological polar surface area (TPSA) is 59.7 Å². The molecule has 0 atom stereocenters. The minimum atomic E-state index is -0.541. The monoisotopic (exact) mass is 450 g/mol. The lowest BCUT2D eigenvalue weighted by molar-refractivity contribution is 0.209. The van der Waals surface area contributed by atoms with E-state index in [-0.39, 0.29) is 10.6 Å². The summed E-state index contributed by atoms with van der Waals surface area (Å²) in [6, 6.07) is 16.9. The first-order valence-electron chi connectivity index (χ1n) is 11.4. The molecule has 1 saturated carbocycles. The summed E-state index contributed by atoms with van der Waals surface area (Å²) in [6.07, 6.45) is 6.42. The van der Waals surface area contributed by atoms with Crippen LogP contribution in [-0.2, 0) is 0 Å². The average molecular weight is 451 g/mol.